The maximum atomic E-state index is 13.8. The van der Waals surface area contributed by atoms with Crippen LogP contribution in [-0.4, -0.2) is 13.4 Å². The van der Waals surface area contributed by atoms with Gasteiger partial charge in [0.2, 0.25) is 15.9 Å². The van der Waals surface area contributed by atoms with Crippen molar-refractivity contribution in [3.8, 4) is 0 Å². The Balaban J connectivity index is 2.27. The minimum atomic E-state index is -4.13. The van der Waals surface area contributed by atoms with Crippen LogP contribution in [0.5, 0.6) is 0 Å². The Morgan fingerprint density at radius 2 is 2.10 bits per heavy atom. The van der Waals surface area contributed by atoms with E-state index in [2.05, 4.69) is 9.71 Å². The molecule has 0 spiro atoms. The highest BCUT2D eigenvalue weighted by Crippen LogP contribution is 2.25. The number of aromatic nitrogens is 1. The second-order valence-electron chi connectivity index (χ2n) is 4.38. The van der Waals surface area contributed by atoms with Crippen molar-refractivity contribution in [2.45, 2.75) is 25.3 Å². The van der Waals surface area contributed by atoms with Gasteiger partial charge in [0.05, 0.1) is 17.9 Å². The first kappa shape index (κ1) is 15.7. The van der Waals surface area contributed by atoms with E-state index in [1.807, 2.05) is 0 Å². The molecule has 0 aliphatic rings. The van der Waals surface area contributed by atoms with Crippen LogP contribution in [0.25, 0.3) is 0 Å². The number of halogens is 2. The zero-order valence-corrected chi connectivity index (χ0v) is 12.8. The van der Waals surface area contributed by atoms with Gasteiger partial charge in [0.15, 0.2) is 5.82 Å². The Morgan fingerprint density at radius 1 is 1.43 bits per heavy atom. The van der Waals surface area contributed by atoms with Crippen LogP contribution >= 0.6 is 11.6 Å². The molecule has 1 aromatic carbocycles. The third-order valence-electron chi connectivity index (χ3n) is 2.81. The quantitative estimate of drug-likeness (QED) is 0.835. The minimum Gasteiger partial charge on any atom is -0.444 e. The van der Waals surface area contributed by atoms with Gasteiger partial charge in [-0.1, -0.05) is 11.6 Å². The SMILES string of the molecule is Cc1nc(CNS(=O)(=O)c2cc(Cl)cc(N)c2F)oc1C. The summed E-state index contributed by atoms with van der Waals surface area (Å²) in [6.07, 6.45) is 0. The van der Waals surface area contributed by atoms with Gasteiger partial charge in [-0.05, 0) is 26.0 Å². The fourth-order valence-corrected chi connectivity index (χ4v) is 3.03. The average Bonchev–Trinajstić information content (AvgIpc) is 2.71. The smallest absolute Gasteiger partial charge is 0.244 e. The van der Waals surface area contributed by atoms with E-state index in [-0.39, 0.29) is 23.1 Å². The molecule has 0 radical (unpaired) electrons. The molecule has 0 saturated carbocycles. The third-order valence-corrected chi connectivity index (χ3v) is 4.43. The van der Waals surface area contributed by atoms with Crippen molar-refractivity contribution < 1.29 is 17.2 Å². The summed E-state index contributed by atoms with van der Waals surface area (Å²) >= 11 is 5.70. The van der Waals surface area contributed by atoms with Gasteiger partial charge in [0.1, 0.15) is 10.7 Å². The fourth-order valence-electron chi connectivity index (χ4n) is 1.63. The van der Waals surface area contributed by atoms with Crippen LogP contribution in [0, 0.1) is 19.7 Å². The molecule has 3 N–H and O–H groups in total. The first-order valence-electron chi connectivity index (χ1n) is 5.88. The summed E-state index contributed by atoms with van der Waals surface area (Å²) in [7, 11) is -4.13. The van der Waals surface area contributed by atoms with Crippen molar-refractivity contribution in [1.82, 2.24) is 9.71 Å². The lowest BCUT2D eigenvalue weighted by Gasteiger charge is -2.08. The molecule has 0 bridgehead atoms. The van der Waals surface area contributed by atoms with E-state index in [4.69, 9.17) is 21.8 Å². The normalized spacial score (nSPS) is 11.8. The van der Waals surface area contributed by atoms with Crippen molar-refractivity contribution in [3.63, 3.8) is 0 Å². The van der Waals surface area contributed by atoms with Gasteiger partial charge in [-0.3, -0.25) is 0 Å². The van der Waals surface area contributed by atoms with E-state index in [0.29, 0.717) is 11.5 Å². The average molecular weight is 334 g/mol. The van der Waals surface area contributed by atoms with Crippen LogP contribution in [0.15, 0.2) is 21.4 Å². The molecule has 1 aromatic heterocycles. The van der Waals surface area contributed by atoms with Gasteiger partial charge in [-0.15, -0.1) is 0 Å². The number of aryl methyl sites for hydroxylation is 2. The molecule has 2 aromatic rings. The molecule has 0 aliphatic carbocycles. The second-order valence-corrected chi connectivity index (χ2v) is 6.55. The monoisotopic (exact) mass is 333 g/mol. The van der Waals surface area contributed by atoms with E-state index >= 15 is 0 Å². The Hall–Kier alpha value is -1.64. The van der Waals surface area contributed by atoms with E-state index < -0.39 is 20.7 Å². The maximum absolute atomic E-state index is 13.8. The minimum absolute atomic E-state index is 0.0251. The predicted octanol–water partition coefficient (Wildman–Crippen LogP) is 2.14. The van der Waals surface area contributed by atoms with Crippen LogP contribution in [-0.2, 0) is 16.6 Å². The van der Waals surface area contributed by atoms with Crippen molar-refractivity contribution in [1.29, 1.82) is 0 Å². The molecule has 9 heteroatoms. The van der Waals surface area contributed by atoms with Gasteiger partial charge in [-0.25, -0.2) is 22.5 Å². The fraction of sp³-hybridized carbons (Fsp3) is 0.250. The molecule has 0 saturated heterocycles. The van der Waals surface area contributed by atoms with Crippen LogP contribution in [0.1, 0.15) is 17.3 Å². The highest BCUT2D eigenvalue weighted by molar-refractivity contribution is 7.89. The summed E-state index contributed by atoms with van der Waals surface area (Å²) < 4.78 is 45.4. The number of nitrogens with zero attached hydrogens (tertiary/aromatic N) is 1. The Morgan fingerprint density at radius 3 is 2.67 bits per heavy atom. The number of nitrogen functional groups attached to an aromatic ring is 1. The van der Waals surface area contributed by atoms with Crippen LogP contribution in [0.3, 0.4) is 0 Å². The molecule has 0 aliphatic heterocycles. The third kappa shape index (κ3) is 3.34. The molecule has 21 heavy (non-hydrogen) atoms. The molecule has 2 rings (SSSR count). The van der Waals surface area contributed by atoms with Gasteiger partial charge >= 0.3 is 0 Å². The van der Waals surface area contributed by atoms with E-state index in [1.165, 1.54) is 0 Å². The zero-order chi connectivity index (χ0) is 15.8. The van der Waals surface area contributed by atoms with Crippen LogP contribution in [0.2, 0.25) is 5.02 Å². The lowest BCUT2D eigenvalue weighted by Crippen LogP contribution is -2.24. The molecule has 6 nitrogen and oxygen atoms in total. The Labute approximate surface area is 126 Å². The number of anilines is 1. The van der Waals surface area contributed by atoms with Crippen LogP contribution in [0.4, 0.5) is 10.1 Å². The summed E-state index contributed by atoms with van der Waals surface area (Å²) in [4.78, 5) is 3.41. The summed E-state index contributed by atoms with van der Waals surface area (Å²) in [6, 6.07) is 2.12. The van der Waals surface area contributed by atoms with E-state index in [1.54, 1.807) is 13.8 Å². The molecule has 0 amide bonds. The number of sulfonamides is 1. The number of oxazole rings is 1. The van der Waals surface area contributed by atoms with E-state index in [9.17, 15) is 12.8 Å². The van der Waals surface area contributed by atoms with E-state index in [0.717, 1.165) is 12.1 Å². The zero-order valence-electron chi connectivity index (χ0n) is 11.3. The number of hydrogen-bond acceptors (Lipinski definition) is 5. The van der Waals surface area contributed by atoms with Crippen molar-refractivity contribution in [2.75, 3.05) is 5.73 Å². The standard InChI is InChI=1S/C12H13ClFN3O3S/c1-6-7(2)20-11(17-6)5-16-21(18,19)10-4-8(13)3-9(15)12(10)14/h3-4,16H,5,15H2,1-2H3. The lowest BCUT2D eigenvalue weighted by molar-refractivity contribution is 0.462. The summed E-state index contributed by atoms with van der Waals surface area (Å²) in [5.74, 6) is -0.280. The molecule has 114 valence electrons. The molecule has 0 fully saturated rings. The maximum Gasteiger partial charge on any atom is 0.244 e. The molecule has 0 atom stereocenters. The van der Waals surface area contributed by atoms with Gasteiger partial charge in [0, 0.05) is 5.02 Å². The highest BCUT2D eigenvalue weighted by Gasteiger charge is 2.22. The Kier molecular flexibility index (Phi) is 4.22. The first-order valence-corrected chi connectivity index (χ1v) is 7.74. The number of hydrogen-bond donors (Lipinski definition) is 2. The molecule has 0 unspecified atom stereocenters. The number of nitrogens with two attached hydrogens (primary N) is 1. The second kappa shape index (κ2) is 5.63. The van der Waals surface area contributed by atoms with Crippen molar-refractivity contribution >= 4 is 27.3 Å². The lowest BCUT2D eigenvalue weighted by atomic mass is 10.3. The molecular formula is C12H13ClFN3O3S. The summed E-state index contributed by atoms with van der Waals surface area (Å²) in [5, 5.41) is 0.0251. The first-order chi connectivity index (χ1) is 9.70. The van der Waals surface area contributed by atoms with Gasteiger partial charge < -0.3 is 10.2 Å². The number of rotatable bonds is 4. The Bertz CT molecular complexity index is 770. The summed E-state index contributed by atoms with van der Waals surface area (Å²) in [6.45, 7) is 3.23. The molecular weight excluding hydrogens is 321 g/mol. The molecule has 1 heterocycles. The summed E-state index contributed by atoms with van der Waals surface area (Å²) in [5.41, 5.74) is 5.68. The number of benzene rings is 1. The topological polar surface area (TPSA) is 98.2 Å². The van der Waals surface area contributed by atoms with Gasteiger partial charge in [0.25, 0.3) is 0 Å². The predicted molar refractivity (Wildman–Crippen MR) is 75.8 cm³/mol. The largest absolute Gasteiger partial charge is 0.444 e. The number of nitrogens with one attached hydrogen (secondary N) is 1. The highest BCUT2D eigenvalue weighted by atomic mass is 35.5. The van der Waals surface area contributed by atoms with Gasteiger partial charge in [-0.2, -0.15) is 0 Å². The van der Waals surface area contributed by atoms with Crippen molar-refractivity contribution in [2.24, 2.45) is 0 Å². The van der Waals surface area contributed by atoms with Crippen molar-refractivity contribution in [3.05, 3.63) is 40.3 Å². The van der Waals surface area contributed by atoms with Crippen LogP contribution < -0.4 is 10.5 Å².